The molecular weight excluding hydrogens is 391 g/mol. The highest BCUT2D eigenvalue weighted by Gasteiger charge is 2.30. The van der Waals surface area contributed by atoms with Crippen molar-refractivity contribution in [3.63, 3.8) is 0 Å². The third kappa shape index (κ3) is 3.49. The summed E-state index contributed by atoms with van der Waals surface area (Å²) in [5.41, 5.74) is 4.06. The standard InChI is InChI=1S/C20H23FN6OS/c1-10-20(11(2)25-24-10)28-13-4-3-12(7-13)16-8-18(27-26-16)23-15-5-6-17-14(19(15)21)9-22-29-17/h5-6,8,12-13,22H,3-4,7,9H2,1-2H3,(H,24,25)(H2,23,26,27). The molecule has 152 valence electrons. The number of halogens is 1. The Morgan fingerprint density at radius 1 is 1.21 bits per heavy atom. The molecule has 3 aromatic rings. The van der Waals surface area contributed by atoms with Crippen LogP contribution >= 0.6 is 11.9 Å². The molecule has 2 aliphatic rings. The van der Waals surface area contributed by atoms with Gasteiger partial charge in [-0.2, -0.15) is 10.2 Å². The van der Waals surface area contributed by atoms with Gasteiger partial charge in [0.25, 0.3) is 0 Å². The number of nitrogens with one attached hydrogen (secondary N) is 4. The predicted octanol–water partition coefficient (Wildman–Crippen LogP) is 4.46. The Bertz CT molecular complexity index is 1030. The zero-order valence-electron chi connectivity index (χ0n) is 16.3. The zero-order chi connectivity index (χ0) is 20.0. The van der Waals surface area contributed by atoms with Crippen LogP contribution in [0.5, 0.6) is 5.75 Å². The highest BCUT2D eigenvalue weighted by atomic mass is 32.2. The summed E-state index contributed by atoms with van der Waals surface area (Å²) >= 11 is 1.46. The third-order valence-corrected chi connectivity index (χ3v) is 6.55. The van der Waals surface area contributed by atoms with Crippen molar-refractivity contribution in [2.24, 2.45) is 0 Å². The number of anilines is 2. The Morgan fingerprint density at radius 2 is 2.10 bits per heavy atom. The number of aromatic nitrogens is 4. The van der Waals surface area contributed by atoms with Gasteiger partial charge in [-0.3, -0.25) is 14.9 Å². The van der Waals surface area contributed by atoms with E-state index in [0.717, 1.165) is 47.0 Å². The molecule has 2 atom stereocenters. The number of hydrogen-bond acceptors (Lipinski definition) is 6. The van der Waals surface area contributed by atoms with Crippen molar-refractivity contribution in [3.8, 4) is 5.75 Å². The van der Waals surface area contributed by atoms with E-state index in [2.05, 4.69) is 30.4 Å². The average Bonchev–Trinajstić information content (AvgIpc) is 3.49. The van der Waals surface area contributed by atoms with Crippen molar-refractivity contribution in [3.05, 3.63) is 46.7 Å². The number of nitrogens with zero attached hydrogens (tertiary/aromatic N) is 2. The molecule has 5 rings (SSSR count). The lowest BCUT2D eigenvalue weighted by molar-refractivity contribution is 0.205. The molecule has 1 aliphatic carbocycles. The molecule has 0 amide bonds. The second kappa shape index (κ2) is 7.38. The van der Waals surface area contributed by atoms with E-state index < -0.39 is 0 Å². The van der Waals surface area contributed by atoms with E-state index in [1.54, 1.807) is 6.07 Å². The smallest absolute Gasteiger partial charge is 0.163 e. The number of aromatic amines is 2. The minimum atomic E-state index is -0.218. The van der Waals surface area contributed by atoms with Crippen LogP contribution in [-0.4, -0.2) is 26.5 Å². The van der Waals surface area contributed by atoms with Crippen molar-refractivity contribution in [1.82, 2.24) is 25.1 Å². The zero-order valence-corrected chi connectivity index (χ0v) is 17.1. The van der Waals surface area contributed by atoms with Crippen LogP contribution in [0.15, 0.2) is 23.1 Å². The quantitative estimate of drug-likeness (QED) is 0.461. The molecule has 4 N–H and O–H groups in total. The van der Waals surface area contributed by atoms with Crippen LogP contribution in [0.4, 0.5) is 15.9 Å². The first-order valence-corrected chi connectivity index (χ1v) is 10.6. The minimum Gasteiger partial charge on any atom is -0.487 e. The van der Waals surface area contributed by atoms with Crippen LogP contribution in [0.1, 0.15) is 47.8 Å². The van der Waals surface area contributed by atoms with Gasteiger partial charge >= 0.3 is 0 Å². The van der Waals surface area contributed by atoms with E-state index in [1.165, 1.54) is 11.9 Å². The van der Waals surface area contributed by atoms with Crippen LogP contribution in [0.2, 0.25) is 0 Å². The van der Waals surface area contributed by atoms with Crippen LogP contribution in [0.3, 0.4) is 0 Å². The van der Waals surface area contributed by atoms with Gasteiger partial charge in [0.05, 0.1) is 17.5 Å². The Kier molecular flexibility index (Phi) is 4.71. The van der Waals surface area contributed by atoms with E-state index >= 15 is 0 Å². The van der Waals surface area contributed by atoms with Crippen molar-refractivity contribution in [1.29, 1.82) is 0 Å². The first kappa shape index (κ1) is 18.5. The van der Waals surface area contributed by atoms with Gasteiger partial charge in [-0.1, -0.05) is 0 Å². The fraction of sp³-hybridized carbons (Fsp3) is 0.400. The van der Waals surface area contributed by atoms with Crippen molar-refractivity contribution < 1.29 is 9.13 Å². The maximum absolute atomic E-state index is 14.7. The molecule has 3 heterocycles. The van der Waals surface area contributed by atoms with Gasteiger partial charge in [-0.05, 0) is 57.2 Å². The molecule has 1 saturated carbocycles. The maximum atomic E-state index is 14.7. The number of hydrogen-bond donors (Lipinski definition) is 4. The molecule has 1 aliphatic heterocycles. The number of benzene rings is 1. The Hall–Kier alpha value is -2.52. The molecule has 0 spiro atoms. The second-order valence-corrected chi connectivity index (χ2v) is 8.61. The summed E-state index contributed by atoms with van der Waals surface area (Å²) in [6, 6.07) is 5.66. The van der Waals surface area contributed by atoms with Crippen LogP contribution in [-0.2, 0) is 6.54 Å². The molecule has 9 heteroatoms. The number of aryl methyl sites for hydroxylation is 2. The summed E-state index contributed by atoms with van der Waals surface area (Å²) in [4.78, 5) is 0.941. The maximum Gasteiger partial charge on any atom is 0.163 e. The van der Waals surface area contributed by atoms with Gasteiger partial charge in [0.2, 0.25) is 0 Å². The summed E-state index contributed by atoms with van der Waals surface area (Å²) in [6.45, 7) is 4.46. The number of H-pyrrole nitrogens is 2. The fourth-order valence-electron chi connectivity index (χ4n) is 4.10. The monoisotopic (exact) mass is 414 g/mol. The number of rotatable bonds is 5. The van der Waals surface area contributed by atoms with Gasteiger partial charge < -0.3 is 10.1 Å². The van der Waals surface area contributed by atoms with E-state index in [4.69, 9.17) is 4.74 Å². The summed E-state index contributed by atoms with van der Waals surface area (Å²) in [7, 11) is 0. The molecular formula is C20H23FN6OS. The summed E-state index contributed by atoms with van der Waals surface area (Å²) in [6.07, 6.45) is 3.09. The third-order valence-electron chi connectivity index (χ3n) is 5.66. The first-order chi connectivity index (χ1) is 14.1. The summed E-state index contributed by atoms with van der Waals surface area (Å²) in [5, 5.41) is 17.7. The highest BCUT2D eigenvalue weighted by molar-refractivity contribution is 7.97. The molecule has 7 nitrogen and oxygen atoms in total. The molecule has 2 unspecified atom stereocenters. The normalized spacial score (nSPS) is 20.8. The minimum absolute atomic E-state index is 0.161. The number of fused-ring (bicyclic) bond motifs is 1. The average molecular weight is 415 g/mol. The van der Waals surface area contributed by atoms with Crippen LogP contribution in [0.25, 0.3) is 0 Å². The van der Waals surface area contributed by atoms with Crippen LogP contribution in [0, 0.1) is 19.7 Å². The van der Waals surface area contributed by atoms with Gasteiger partial charge in [0.1, 0.15) is 5.69 Å². The van der Waals surface area contributed by atoms with E-state index in [0.29, 0.717) is 29.5 Å². The second-order valence-electron chi connectivity index (χ2n) is 7.67. The molecule has 29 heavy (non-hydrogen) atoms. The Balaban J connectivity index is 1.25. The van der Waals surface area contributed by atoms with Gasteiger partial charge in [0.15, 0.2) is 17.4 Å². The van der Waals surface area contributed by atoms with Crippen LogP contribution < -0.4 is 14.8 Å². The SMILES string of the molecule is Cc1n[nH]c(C)c1OC1CCC(c2cc(Nc3ccc4c(c3F)CNS4)n[nH]2)C1. The topological polar surface area (TPSA) is 90.7 Å². The molecule has 0 radical (unpaired) electrons. The lowest BCUT2D eigenvalue weighted by atomic mass is 10.0. The van der Waals surface area contributed by atoms with Crippen molar-refractivity contribution >= 4 is 23.5 Å². The number of ether oxygens (including phenoxy) is 1. The van der Waals surface area contributed by atoms with E-state index in [9.17, 15) is 4.39 Å². The first-order valence-electron chi connectivity index (χ1n) is 9.80. The molecule has 1 fully saturated rings. The largest absolute Gasteiger partial charge is 0.487 e. The van der Waals surface area contributed by atoms with Gasteiger partial charge in [0, 0.05) is 34.7 Å². The van der Waals surface area contributed by atoms with E-state index in [1.807, 2.05) is 26.0 Å². The van der Waals surface area contributed by atoms with E-state index in [-0.39, 0.29) is 11.9 Å². The molecule has 0 saturated heterocycles. The Morgan fingerprint density at radius 3 is 2.93 bits per heavy atom. The summed E-state index contributed by atoms with van der Waals surface area (Å²) < 4.78 is 24.0. The molecule has 2 aromatic heterocycles. The van der Waals surface area contributed by atoms with Crippen molar-refractivity contribution in [2.45, 2.75) is 56.6 Å². The predicted molar refractivity (Wildman–Crippen MR) is 110 cm³/mol. The molecule has 1 aromatic carbocycles. The fourth-order valence-corrected chi connectivity index (χ4v) is 4.90. The lowest BCUT2D eigenvalue weighted by Crippen LogP contribution is -2.12. The van der Waals surface area contributed by atoms with Gasteiger partial charge in [-0.15, -0.1) is 0 Å². The highest BCUT2D eigenvalue weighted by Crippen LogP contribution is 2.38. The van der Waals surface area contributed by atoms with Crippen molar-refractivity contribution in [2.75, 3.05) is 5.32 Å². The Labute approximate surface area is 172 Å². The molecule has 0 bridgehead atoms. The lowest BCUT2D eigenvalue weighted by Gasteiger charge is -2.13. The van der Waals surface area contributed by atoms with Gasteiger partial charge in [-0.25, -0.2) is 4.39 Å². The summed E-state index contributed by atoms with van der Waals surface area (Å²) in [5.74, 6) is 1.62.